The van der Waals surface area contributed by atoms with E-state index in [1.807, 2.05) is 6.08 Å². The lowest BCUT2D eigenvalue weighted by molar-refractivity contribution is -0.302. The van der Waals surface area contributed by atoms with Crippen LogP contribution in [0.1, 0.15) is 219 Å². The van der Waals surface area contributed by atoms with Crippen molar-refractivity contribution in [2.75, 3.05) is 13.2 Å². The van der Waals surface area contributed by atoms with Gasteiger partial charge in [0.15, 0.2) is 6.29 Å². The molecule has 6 N–H and O–H groups in total. The van der Waals surface area contributed by atoms with E-state index in [9.17, 15) is 30.3 Å². The van der Waals surface area contributed by atoms with Crippen LogP contribution < -0.4 is 5.32 Å². The van der Waals surface area contributed by atoms with Gasteiger partial charge >= 0.3 is 0 Å². The van der Waals surface area contributed by atoms with E-state index >= 15 is 0 Å². The molecule has 0 saturated carbocycles. The van der Waals surface area contributed by atoms with Crippen LogP contribution in [0.3, 0.4) is 0 Å². The molecular weight excluding hydrogens is 887 g/mol. The summed E-state index contributed by atoms with van der Waals surface area (Å²) in [4.78, 5) is 13.0. The minimum Gasteiger partial charge on any atom is -0.394 e. The highest BCUT2D eigenvalue weighted by atomic mass is 16.7. The second-order valence-electron chi connectivity index (χ2n) is 19.4. The van der Waals surface area contributed by atoms with Crippen molar-refractivity contribution in [2.45, 2.75) is 262 Å². The van der Waals surface area contributed by atoms with Crippen LogP contribution in [0.15, 0.2) is 109 Å². The molecule has 71 heavy (non-hydrogen) atoms. The number of allylic oxidation sites excluding steroid dienone is 17. The molecule has 0 aromatic carbocycles. The van der Waals surface area contributed by atoms with Crippen molar-refractivity contribution >= 4 is 5.91 Å². The highest BCUT2D eigenvalue weighted by Crippen LogP contribution is 2.23. The normalized spacial score (nSPS) is 20.1. The van der Waals surface area contributed by atoms with Crippen LogP contribution in [0.25, 0.3) is 0 Å². The average molecular weight is 993 g/mol. The zero-order valence-corrected chi connectivity index (χ0v) is 44.9. The van der Waals surface area contributed by atoms with Crippen LogP contribution in [0, 0.1) is 0 Å². The molecule has 1 aliphatic rings. The fraction of sp³-hybridized carbons (Fsp3) is 0.694. The first-order valence-electron chi connectivity index (χ1n) is 28.6. The molecule has 0 aromatic heterocycles. The Morgan fingerprint density at radius 1 is 0.493 bits per heavy atom. The highest BCUT2D eigenvalue weighted by Gasteiger charge is 2.44. The zero-order chi connectivity index (χ0) is 51.5. The number of unbranched alkanes of at least 4 members (excludes halogenated alkanes) is 21. The van der Waals surface area contributed by atoms with E-state index in [4.69, 9.17) is 9.47 Å². The molecule has 1 saturated heterocycles. The Kier molecular flexibility index (Phi) is 46.7. The monoisotopic (exact) mass is 992 g/mol. The maximum Gasteiger partial charge on any atom is 0.220 e. The lowest BCUT2D eigenvalue weighted by Gasteiger charge is -2.40. The predicted octanol–water partition coefficient (Wildman–Crippen LogP) is 14.2. The second kappa shape index (κ2) is 50.4. The molecular formula is C62H105NO8. The fourth-order valence-corrected chi connectivity index (χ4v) is 8.35. The van der Waals surface area contributed by atoms with Gasteiger partial charge in [-0.2, -0.15) is 0 Å². The third-order valence-electron chi connectivity index (χ3n) is 12.9. The van der Waals surface area contributed by atoms with E-state index in [1.54, 1.807) is 6.08 Å². The highest BCUT2D eigenvalue weighted by molar-refractivity contribution is 5.76. The zero-order valence-electron chi connectivity index (χ0n) is 44.9. The average Bonchev–Trinajstić information content (AvgIpc) is 3.37. The first kappa shape index (κ1) is 65.9. The molecule has 0 aliphatic carbocycles. The van der Waals surface area contributed by atoms with Gasteiger partial charge in [-0.25, -0.2) is 0 Å². The van der Waals surface area contributed by atoms with E-state index in [-0.39, 0.29) is 12.5 Å². The van der Waals surface area contributed by atoms with Gasteiger partial charge in [-0.15, -0.1) is 0 Å². The maximum absolute atomic E-state index is 13.0. The second-order valence-corrected chi connectivity index (χ2v) is 19.4. The summed E-state index contributed by atoms with van der Waals surface area (Å²) in [6.45, 7) is 3.65. The number of amides is 1. The summed E-state index contributed by atoms with van der Waals surface area (Å²) in [5, 5.41) is 54.5. The smallest absolute Gasteiger partial charge is 0.220 e. The number of aliphatic hydroxyl groups is 5. The van der Waals surface area contributed by atoms with Crippen molar-refractivity contribution in [2.24, 2.45) is 0 Å². The number of hydrogen-bond acceptors (Lipinski definition) is 8. The Balaban J connectivity index is 2.25. The Hall–Kier alpha value is -3.15. The number of hydrogen-bond donors (Lipinski definition) is 6. The Labute approximate surface area is 434 Å². The van der Waals surface area contributed by atoms with Crippen LogP contribution in [0.2, 0.25) is 0 Å². The molecule has 7 unspecified atom stereocenters. The summed E-state index contributed by atoms with van der Waals surface area (Å²) in [5.74, 6) is -0.196. The van der Waals surface area contributed by atoms with Crippen molar-refractivity contribution in [3.63, 3.8) is 0 Å². The first-order valence-corrected chi connectivity index (χ1v) is 28.6. The van der Waals surface area contributed by atoms with E-state index in [2.05, 4.69) is 116 Å². The van der Waals surface area contributed by atoms with Crippen LogP contribution in [0.5, 0.6) is 0 Å². The number of aliphatic hydroxyl groups excluding tert-OH is 5. The SMILES string of the molecule is CC/C=C\C/C=C\C/C=C\C/C=C\C/C=C\C/C=C\C/C=C\C/C=C\CCCCCCCCC(=O)NC(COC1OC(CO)C(O)C(O)C1O)C(O)/C=C/CCCCCCCCCCCCCCCCC. The lowest BCUT2D eigenvalue weighted by atomic mass is 9.99. The summed E-state index contributed by atoms with van der Waals surface area (Å²) in [6, 6.07) is -0.821. The van der Waals surface area contributed by atoms with Gasteiger partial charge in [-0.05, 0) is 83.5 Å². The van der Waals surface area contributed by atoms with Gasteiger partial charge in [0.1, 0.15) is 24.4 Å². The van der Waals surface area contributed by atoms with E-state index in [0.717, 1.165) is 116 Å². The minimum atomic E-state index is -1.58. The van der Waals surface area contributed by atoms with E-state index in [1.165, 1.54) is 83.5 Å². The molecule has 0 aromatic rings. The van der Waals surface area contributed by atoms with E-state index < -0.39 is 49.5 Å². The van der Waals surface area contributed by atoms with Crippen LogP contribution in [0.4, 0.5) is 0 Å². The van der Waals surface area contributed by atoms with Crippen molar-refractivity contribution in [1.29, 1.82) is 0 Å². The molecule has 406 valence electrons. The molecule has 1 aliphatic heterocycles. The van der Waals surface area contributed by atoms with Crippen LogP contribution in [-0.4, -0.2) is 87.5 Å². The third-order valence-corrected chi connectivity index (χ3v) is 12.9. The molecule has 0 spiro atoms. The molecule has 1 heterocycles. The molecule has 7 atom stereocenters. The fourth-order valence-electron chi connectivity index (χ4n) is 8.35. The summed E-state index contributed by atoms with van der Waals surface area (Å²) >= 11 is 0. The lowest BCUT2D eigenvalue weighted by Crippen LogP contribution is -2.60. The van der Waals surface area contributed by atoms with Gasteiger partial charge < -0.3 is 40.3 Å². The van der Waals surface area contributed by atoms with Gasteiger partial charge in [0.2, 0.25) is 5.91 Å². The summed E-state index contributed by atoms with van der Waals surface area (Å²) in [7, 11) is 0. The summed E-state index contributed by atoms with van der Waals surface area (Å²) < 4.78 is 11.3. The van der Waals surface area contributed by atoms with Crippen molar-refractivity contribution in [1.82, 2.24) is 5.32 Å². The van der Waals surface area contributed by atoms with Gasteiger partial charge in [-0.3, -0.25) is 4.79 Å². The Morgan fingerprint density at radius 2 is 0.873 bits per heavy atom. The molecule has 1 rings (SSSR count). The molecule has 9 heteroatoms. The number of ether oxygens (including phenoxy) is 2. The van der Waals surface area contributed by atoms with Crippen molar-refractivity contribution < 1.29 is 39.8 Å². The molecule has 0 bridgehead atoms. The van der Waals surface area contributed by atoms with E-state index in [0.29, 0.717) is 6.42 Å². The van der Waals surface area contributed by atoms with Gasteiger partial charge in [0.25, 0.3) is 0 Å². The molecule has 0 radical (unpaired) electrons. The molecule has 1 amide bonds. The number of carbonyl (C=O) groups excluding carboxylic acids is 1. The van der Waals surface area contributed by atoms with Crippen LogP contribution >= 0.6 is 0 Å². The first-order chi connectivity index (χ1) is 34.8. The van der Waals surface area contributed by atoms with Gasteiger partial charge in [-0.1, -0.05) is 239 Å². The van der Waals surface area contributed by atoms with Gasteiger partial charge in [0.05, 0.1) is 25.4 Å². The number of nitrogens with one attached hydrogen (secondary N) is 1. The standard InChI is InChI=1S/C62H105NO8/c1-3-5-7-9-11-13-15-17-19-21-22-23-24-25-26-27-28-29-30-31-32-33-34-36-38-40-42-44-46-48-50-52-58(66)63-55(54-70-62-61(69)60(68)59(67)57(53-64)71-62)56(65)51-49-47-45-43-41-39-37-35-20-18-16-14-12-10-8-6-4-2/h5,7,11,13,17,19,22-23,25-26,28-29,31-32,34,36,49,51,55-57,59-62,64-65,67-69H,3-4,6,8-10,12,14-16,18,20-21,24,27,30,33,35,37-48,50,52-54H2,1-2H3,(H,63,66)/b7-5-,13-11-,19-17-,23-22-,26-25-,29-28-,32-31-,36-34-,51-49+. The molecule has 9 nitrogen and oxygen atoms in total. The number of rotatable bonds is 47. The number of carbonyl (C=O) groups is 1. The van der Waals surface area contributed by atoms with Gasteiger partial charge in [0, 0.05) is 6.42 Å². The maximum atomic E-state index is 13.0. The predicted molar refractivity (Wildman–Crippen MR) is 299 cm³/mol. The minimum absolute atomic E-state index is 0.196. The van der Waals surface area contributed by atoms with Crippen molar-refractivity contribution in [3.05, 3.63) is 109 Å². The topological polar surface area (TPSA) is 149 Å². The quantitative estimate of drug-likeness (QED) is 0.0261. The summed E-state index contributed by atoms with van der Waals surface area (Å²) in [6.07, 6.45) is 67.1. The van der Waals surface area contributed by atoms with Crippen molar-refractivity contribution in [3.8, 4) is 0 Å². The Morgan fingerprint density at radius 3 is 1.30 bits per heavy atom. The summed E-state index contributed by atoms with van der Waals surface area (Å²) in [5.41, 5.74) is 0. The third kappa shape index (κ3) is 40.0. The molecule has 1 fully saturated rings. The Bertz CT molecular complexity index is 1480. The largest absolute Gasteiger partial charge is 0.394 e. The van der Waals surface area contributed by atoms with Crippen LogP contribution in [-0.2, 0) is 14.3 Å².